The van der Waals surface area contributed by atoms with Crippen LogP contribution in [0.15, 0.2) is 176 Å². The minimum absolute atomic E-state index is 0.918. The molecule has 0 N–H and O–H groups in total. The standard InChI is InChI=1S/C47H29N3/c1-2-13-33-32(12-1)40-28-30(42-18-11-23-47(48-42)50-45-21-9-5-16-38(45)39-17-6-10-22-46(39)50)24-26-34(40)35-27-25-31(29-41(33)35)49-43-19-7-3-14-36(43)37-15-4-8-20-44(37)49/h1-29H. The van der Waals surface area contributed by atoms with E-state index in [1.54, 1.807) is 0 Å². The summed E-state index contributed by atoms with van der Waals surface area (Å²) in [5.74, 6) is 0.918. The van der Waals surface area contributed by atoms with E-state index in [1.807, 2.05) is 0 Å². The van der Waals surface area contributed by atoms with E-state index < -0.39 is 0 Å². The van der Waals surface area contributed by atoms with E-state index in [9.17, 15) is 0 Å². The van der Waals surface area contributed by atoms with Crippen LogP contribution in [0.3, 0.4) is 0 Å². The maximum Gasteiger partial charge on any atom is 0.138 e. The van der Waals surface area contributed by atoms with Crippen LogP contribution in [0.5, 0.6) is 0 Å². The fourth-order valence-corrected chi connectivity index (χ4v) is 8.32. The summed E-state index contributed by atoms with van der Waals surface area (Å²) < 4.78 is 4.69. The van der Waals surface area contributed by atoms with Gasteiger partial charge < -0.3 is 4.57 Å². The zero-order chi connectivity index (χ0) is 32.8. The van der Waals surface area contributed by atoms with Gasteiger partial charge in [0.25, 0.3) is 0 Å². The SMILES string of the molecule is c1cc(-c2ccc3c4ccc(-n5c6ccccc6c6ccccc65)cc4c4ccccc4c3c2)nc(-n2c3ccccc3c3ccccc32)c1. The first-order chi connectivity index (χ1) is 24.8. The summed E-state index contributed by atoms with van der Waals surface area (Å²) in [6.07, 6.45) is 0. The van der Waals surface area contributed by atoms with Crippen molar-refractivity contribution in [3.63, 3.8) is 0 Å². The van der Waals surface area contributed by atoms with Gasteiger partial charge in [0.05, 0.1) is 27.8 Å². The van der Waals surface area contributed by atoms with Crippen molar-refractivity contribution in [1.29, 1.82) is 0 Å². The fraction of sp³-hybridized carbons (Fsp3) is 0. The summed E-state index contributed by atoms with van der Waals surface area (Å²) in [5.41, 5.74) is 7.99. The third-order valence-corrected chi connectivity index (χ3v) is 10.5. The molecule has 11 aromatic rings. The van der Waals surface area contributed by atoms with E-state index in [1.165, 1.54) is 70.6 Å². The van der Waals surface area contributed by atoms with Crippen molar-refractivity contribution in [1.82, 2.24) is 14.1 Å². The van der Waals surface area contributed by atoms with E-state index >= 15 is 0 Å². The van der Waals surface area contributed by atoms with Crippen molar-refractivity contribution in [2.24, 2.45) is 0 Å². The van der Waals surface area contributed by atoms with Gasteiger partial charge >= 0.3 is 0 Å². The first-order valence-electron chi connectivity index (χ1n) is 17.1. The summed E-state index contributed by atoms with van der Waals surface area (Å²) in [6.45, 7) is 0. The lowest BCUT2D eigenvalue weighted by atomic mass is 9.92. The minimum atomic E-state index is 0.918. The van der Waals surface area contributed by atoms with Gasteiger partial charge in [-0.2, -0.15) is 0 Å². The van der Waals surface area contributed by atoms with E-state index in [0.29, 0.717) is 0 Å². The van der Waals surface area contributed by atoms with Crippen molar-refractivity contribution >= 4 is 75.9 Å². The van der Waals surface area contributed by atoms with Gasteiger partial charge in [-0.15, -0.1) is 0 Å². The molecule has 50 heavy (non-hydrogen) atoms. The second kappa shape index (κ2) is 10.4. The lowest BCUT2D eigenvalue weighted by Crippen LogP contribution is -1.98. The molecule has 3 nitrogen and oxygen atoms in total. The highest BCUT2D eigenvalue weighted by Crippen LogP contribution is 2.40. The Morgan fingerprint density at radius 1 is 0.300 bits per heavy atom. The number of pyridine rings is 1. The highest BCUT2D eigenvalue weighted by Gasteiger charge is 2.16. The Morgan fingerprint density at radius 2 is 0.740 bits per heavy atom. The molecular weight excluding hydrogens is 607 g/mol. The molecule has 232 valence electrons. The predicted octanol–water partition coefficient (Wildman–Crippen LogP) is 12.4. The molecule has 0 spiro atoms. The molecule has 3 heteroatoms. The van der Waals surface area contributed by atoms with Gasteiger partial charge in [-0.3, -0.25) is 4.57 Å². The van der Waals surface area contributed by atoms with Crippen molar-refractivity contribution in [2.45, 2.75) is 0 Å². The van der Waals surface area contributed by atoms with Gasteiger partial charge in [0, 0.05) is 32.8 Å². The lowest BCUT2D eigenvalue weighted by Gasteiger charge is -2.15. The van der Waals surface area contributed by atoms with Crippen LogP contribution < -0.4 is 0 Å². The number of hydrogen-bond donors (Lipinski definition) is 0. The molecule has 0 aliphatic rings. The number of rotatable bonds is 3. The van der Waals surface area contributed by atoms with Gasteiger partial charge in [-0.05, 0) is 86.9 Å². The summed E-state index contributed by atoms with van der Waals surface area (Å²) in [6, 6.07) is 63.6. The highest BCUT2D eigenvalue weighted by molar-refractivity contribution is 6.26. The Bertz CT molecular complexity index is 3030. The molecule has 0 fully saturated rings. The number of benzene rings is 8. The average molecular weight is 636 g/mol. The molecule has 0 aliphatic heterocycles. The molecule has 0 bridgehead atoms. The fourth-order valence-electron chi connectivity index (χ4n) is 8.32. The normalized spacial score (nSPS) is 12.0. The van der Waals surface area contributed by atoms with Crippen LogP contribution >= 0.6 is 0 Å². The second-order valence-electron chi connectivity index (χ2n) is 13.2. The maximum absolute atomic E-state index is 5.28. The Hall–Kier alpha value is -6.71. The minimum Gasteiger partial charge on any atom is -0.309 e. The molecule has 0 aliphatic carbocycles. The predicted molar refractivity (Wildman–Crippen MR) is 211 cm³/mol. The number of fused-ring (bicyclic) bond motifs is 12. The van der Waals surface area contributed by atoms with Gasteiger partial charge in [-0.25, -0.2) is 4.98 Å². The topological polar surface area (TPSA) is 22.8 Å². The first kappa shape index (κ1) is 27.3. The Morgan fingerprint density at radius 3 is 1.30 bits per heavy atom. The van der Waals surface area contributed by atoms with Gasteiger partial charge in [0.15, 0.2) is 0 Å². The van der Waals surface area contributed by atoms with Crippen molar-refractivity contribution in [2.75, 3.05) is 0 Å². The highest BCUT2D eigenvalue weighted by atomic mass is 15.1. The quantitative estimate of drug-likeness (QED) is 0.177. The van der Waals surface area contributed by atoms with E-state index in [4.69, 9.17) is 4.98 Å². The molecule has 3 heterocycles. The monoisotopic (exact) mass is 635 g/mol. The van der Waals surface area contributed by atoms with E-state index in [0.717, 1.165) is 28.1 Å². The summed E-state index contributed by atoms with van der Waals surface area (Å²) in [5, 5.41) is 12.5. The maximum atomic E-state index is 5.28. The van der Waals surface area contributed by atoms with Crippen LogP contribution in [0.4, 0.5) is 0 Å². The molecule has 0 atom stereocenters. The van der Waals surface area contributed by atoms with Crippen LogP contribution in [-0.2, 0) is 0 Å². The molecular formula is C47H29N3. The van der Waals surface area contributed by atoms with Crippen LogP contribution in [0.2, 0.25) is 0 Å². The number of nitrogens with zero attached hydrogens (tertiary/aromatic N) is 3. The molecule has 0 amide bonds. The smallest absolute Gasteiger partial charge is 0.138 e. The van der Waals surface area contributed by atoms with Crippen molar-refractivity contribution in [3.8, 4) is 22.8 Å². The Labute approximate surface area is 287 Å². The van der Waals surface area contributed by atoms with Crippen LogP contribution in [-0.4, -0.2) is 14.1 Å². The average Bonchev–Trinajstić information content (AvgIpc) is 3.71. The molecule has 0 unspecified atom stereocenters. The zero-order valence-electron chi connectivity index (χ0n) is 27.1. The van der Waals surface area contributed by atoms with Gasteiger partial charge in [0.2, 0.25) is 0 Å². The van der Waals surface area contributed by atoms with Crippen molar-refractivity contribution < 1.29 is 0 Å². The number of aromatic nitrogens is 3. The summed E-state index contributed by atoms with van der Waals surface area (Å²) >= 11 is 0. The zero-order valence-corrected chi connectivity index (χ0v) is 27.1. The van der Waals surface area contributed by atoms with Crippen LogP contribution in [0.1, 0.15) is 0 Å². The van der Waals surface area contributed by atoms with Crippen LogP contribution in [0.25, 0.3) is 98.7 Å². The Kier molecular flexibility index (Phi) is 5.67. The van der Waals surface area contributed by atoms with E-state index in [2.05, 4.69) is 185 Å². The molecule has 8 aromatic carbocycles. The number of para-hydroxylation sites is 4. The molecule has 0 radical (unpaired) electrons. The van der Waals surface area contributed by atoms with Gasteiger partial charge in [0.1, 0.15) is 5.82 Å². The molecule has 3 aromatic heterocycles. The third-order valence-electron chi connectivity index (χ3n) is 10.5. The Balaban J connectivity index is 1.11. The summed E-state index contributed by atoms with van der Waals surface area (Å²) in [7, 11) is 0. The molecule has 11 rings (SSSR count). The van der Waals surface area contributed by atoms with Crippen LogP contribution in [0, 0.1) is 0 Å². The largest absolute Gasteiger partial charge is 0.309 e. The van der Waals surface area contributed by atoms with E-state index in [-0.39, 0.29) is 0 Å². The van der Waals surface area contributed by atoms with Gasteiger partial charge in [-0.1, -0.05) is 121 Å². The second-order valence-corrected chi connectivity index (χ2v) is 13.2. The third kappa shape index (κ3) is 3.83. The first-order valence-corrected chi connectivity index (χ1v) is 17.1. The lowest BCUT2D eigenvalue weighted by molar-refractivity contribution is 1.08. The molecule has 0 saturated carbocycles. The number of hydrogen-bond acceptors (Lipinski definition) is 1. The molecule has 0 saturated heterocycles. The van der Waals surface area contributed by atoms with Crippen molar-refractivity contribution in [3.05, 3.63) is 176 Å². The summed E-state index contributed by atoms with van der Waals surface area (Å²) in [4.78, 5) is 5.28.